The lowest BCUT2D eigenvalue weighted by Gasteiger charge is -2.35. The fourth-order valence-electron chi connectivity index (χ4n) is 2.89. The molecule has 2 nitrogen and oxygen atoms in total. The third kappa shape index (κ3) is 2.66. The van der Waals surface area contributed by atoms with Gasteiger partial charge in [0.2, 0.25) is 0 Å². The van der Waals surface area contributed by atoms with Crippen molar-refractivity contribution >= 4 is 21.9 Å². The minimum atomic E-state index is -2.65. The summed E-state index contributed by atoms with van der Waals surface area (Å²) in [6.45, 7) is 0. The second-order valence-corrected chi connectivity index (χ2v) is 5.90. The summed E-state index contributed by atoms with van der Waals surface area (Å²) in [6, 6.07) is 4.40. The SMILES string of the molecule is O=C(O)C1(c2cc(Br)ccc2C(F)F)CCCCC1. The number of halogens is 3. The maximum atomic E-state index is 13.1. The molecule has 0 heterocycles. The fraction of sp³-hybridized carbons (Fsp3) is 0.500. The van der Waals surface area contributed by atoms with Crippen LogP contribution in [0, 0.1) is 0 Å². The smallest absolute Gasteiger partial charge is 0.314 e. The molecule has 0 bridgehead atoms. The molecule has 0 aliphatic heterocycles. The van der Waals surface area contributed by atoms with Gasteiger partial charge in [0.05, 0.1) is 5.41 Å². The molecule has 0 atom stereocenters. The van der Waals surface area contributed by atoms with Gasteiger partial charge in [0.1, 0.15) is 0 Å². The standard InChI is InChI=1S/C14H15BrF2O2/c15-9-4-5-10(12(16)17)11(8-9)14(13(18)19)6-2-1-3-7-14/h4-5,8,12H,1-3,6-7H2,(H,18,19). The number of carbonyl (C=O) groups is 1. The fourth-order valence-corrected chi connectivity index (χ4v) is 3.25. The molecule has 0 radical (unpaired) electrons. The average molecular weight is 333 g/mol. The van der Waals surface area contributed by atoms with Crippen LogP contribution in [-0.2, 0) is 10.2 Å². The Labute approximate surface area is 118 Å². The molecule has 104 valence electrons. The second-order valence-electron chi connectivity index (χ2n) is 4.98. The van der Waals surface area contributed by atoms with Crippen molar-refractivity contribution in [2.75, 3.05) is 0 Å². The van der Waals surface area contributed by atoms with E-state index < -0.39 is 17.8 Å². The van der Waals surface area contributed by atoms with E-state index in [0.29, 0.717) is 17.3 Å². The molecule has 5 heteroatoms. The summed E-state index contributed by atoms with van der Waals surface area (Å²) in [5.41, 5.74) is -1.05. The van der Waals surface area contributed by atoms with Crippen LogP contribution < -0.4 is 0 Å². The van der Waals surface area contributed by atoms with Crippen LogP contribution in [0.5, 0.6) is 0 Å². The molecule has 0 aromatic heterocycles. The van der Waals surface area contributed by atoms with Crippen LogP contribution in [0.1, 0.15) is 49.7 Å². The maximum absolute atomic E-state index is 13.1. The normalized spacial score (nSPS) is 18.5. The second kappa shape index (κ2) is 5.57. The molecule has 1 aromatic rings. The zero-order valence-electron chi connectivity index (χ0n) is 10.3. The van der Waals surface area contributed by atoms with Crippen LogP contribution in [0.15, 0.2) is 22.7 Å². The topological polar surface area (TPSA) is 37.3 Å². The van der Waals surface area contributed by atoms with Crippen molar-refractivity contribution in [3.8, 4) is 0 Å². The Bertz CT molecular complexity index is 482. The molecule has 2 rings (SSSR count). The van der Waals surface area contributed by atoms with Crippen molar-refractivity contribution in [3.05, 3.63) is 33.8 Å². The van der Waals surface area contributed by atoms with Gasteiger partial charge in [-0.1, -0.05) is 41.3 Å². The monoisotopic (exact) mass is 332 g/mol. The number of aliphatic carboxylic acids is 1. The van der Waals surface area contributed by atoms with Crippen molar-refractivity contribution in [2.24, 2.45) is 0 Å². The highest BCUT2D eigenvalue weighted by Crippen LogP contribution is 2.44. The highest BCUT2D eigenvalue weighted by atomic mass is 79.9. The molecule has 0 amide bonds. The van der Waals surface area contributed by atoms with E-state index in [2.05, 4.69) is 15.9 Å². The molecular formula is C14H15BrF2O2. The Morgan fingerprint density at radius 1 is 1.26 bits per heavy atom. The van der Waals surface area contributed by atoms with E-state index in [-0.39, 0.29) is 11.1 Å². The van der Waals surface area contributed by atoms with E-state index >= 15 is 0 Å². The van der Waals surface area contributed by atoms with Crippen LogP contribution in [0.4, 0.5) is 8.78 Å². The molecule has 0 unspecified atom stereocenters. The summed E-state index contributed by atoms with van der Waals surface area (Å²) in [4.78, 5) is 11.7. The lowest BCUT2D eigenvalue weighted by atomic mass is 9.68. The maximum Gasteiger partial charge on any atom is 0.314 e. The Balaban J connectivity index is 2.58. The summed E-state index contributed by atoms with van der Waals surface area (Å²) in [7, 11) is 0. The predicted molar refractivity (Wildman–Crippen MR) is 71.5 cm³/mol. The van der Waals surface area contributed by atoms with Gasteiger partial charge >= 0.3 is 5.97 Å². The minimum absolute atomic E-state index is 0.160. The van der Waals surface area contributed by atoms with E-state index in [1.165, 1.54) is 12.1 Å². The van der Waals surface area contributed by atoms with Crippen LogP contribution >= 0.6 is 15.9 Å². The molecule has 0 saturated heterocycles. The van der Waals surface area contributed by atoms with Gasteiger partial charge in [-0.15, -0.1) is 0 Å². The van der Waals surface area contributed by atoms with Crippen molar-refractivity contribution in [3.63, 3.8) is 0 Å². The molecule has 1 fully saturated rings. The third-order valence-electron chi connectivity index (χ3n) is 3.88. The molecule has 19 heavy (non-hydrogen) atoms. The Morgan fingerprint density at radius 3 is 2.42 bits per heavy atom. The van der Waals surface area contributed by atoms with Gasteiger partial charge in [-0.25, -0.2) is 8.78 Å². The van der Waals surface area contributed by atoms with Gasteiger partial charge in [0.15, 0.2) is 0 Å². The van der Waals surface area contributed by atoms with E-state index in [0.717, 1.165) is 19.3 Å². The number of hydrogen-bond donors (Lipinski definition) is 1. The van der Waals surface area contributed by atoms with E-state index in [4.69, 9.17) is 0 Å². The summed E-state index contributed by atoms with van der Waals surface area (Å²) < 4.78 is 26.9. The number of alkyl halides is 2. The van der Waals surface area contributed by atoms with Crippen molar-refractivity contribution in [1.82, 2.24) is 0 Å². The third-order valence-corrected chi connectivity index (χ3v) is 4.38. The Morgan fingerprint density at radius 2 is 1.89 bits per heavy atom. The first-order valence-electron chi connectivity index (χ1n) is 6.29. The molecule has 1 N–H and O–H groups in total. The van der Waals surface area contributed by atoms with Gasteiger partial charge in [0, 0.05) is 10.0 Å². The zero-order valence-corrected chi connectivity index (χ0v) is 11.9. The summed E-state index contributed by atoms with van der Waals surface area (Å²) in [6.07, 6.45) is 0.703. The molecular weight excluding hydrogens is 318 g/mol. The summed E-state index contributed by atoms with van der Waals surface area (Å²) >= 11 is 3.25. The van der Waals surface area contributed by atoms with Crippen LogP contribution in [0.2, 0.25) is 0 Å². The van der Waals surface area contributed by atoms with E-state index in [1.807, 2.05) is 0 Å². The predicted octanol–water partition coefficient (Wildman–Crippen LogP) is 4.67. The van der Waals surface area contributed by atoms with Crippen LogP contribution in [-0.4, -0.2) is 11.1 Å². The number of rotatable bonds is 3. The van der Waals surface area contributed by atoms with E-state index in [1.54, 1.807) is 6.07 Å². The number of carboxylic acid groups (broad SMARTS) is 1. The quantitative estimate of drug-likeness (QED) is 0.872. The summed E-state index contributed by atoms with van der Waals surface area (Å²) in [5.74, 6) is -0.993. The number of carboxylic acids is 1. The molecule has 0 spiro atoms. The number of benzene rings is 1. The Hall–Kier alpha value is -0.970. The van der Waals surface area contributed by atoms with Crippen LogP contribution in [0.25, 0.3) is 0 Å². The molecule has 1 aliphatic carbocycles. The van der Waals surface area contributed by atoms with Gasteiger partial charge in [-0.3, -0.25) is 4.79 Å². The van der Waals surface area contributed by atoms with Crippen LogP contribution in [0.3, 0.4) is 0 Å². The Kier molecular flexibility index (Phi) is 4.23. The molecule has 1 saturated carbocycles. The van der Waals surface area contributed by atoms with E-state index in [9.17, 15) is 18.7 Å². The largest absolute Gasteiger partial charge is 0.481 e. The van der Waals surface area contributed by atoms with Gasteiger partial charge in [-0.2, -0.15) is 0 Å². The van der Waals surface area contributed by atoms with Gasteiger partial charge < -0.3 is 5.11 Å². The highest BCUT2D eigenvalue weighted by Gasteiger charge is 2.43. The molecule has 1 aromatic carbocycles. The highest BCUT2D eigenvalue weighted by molar-refractivity contribution is 9.10. The molecule has 1 aliphatic rings. The lowest BCUT2D eigenvalue weighted by molar-refractivity contribution is -0.145. The van der Waals surface area contributed by atoms with Gasteiger partial charge in [0.25, 0.3) is 6.43 Å². The first-order chi connectivity index (χ1) is 8.97. The van der Waals surface area contributed by atoms with Crippen molar-refractivity contribution < 1.29 is 18.7 Å². The summed E-state index contributed by atoms with van der Waals surface area (Å²) in [5, 5.41) is 9.58. The average Bonchev–Trinajstić information content (AvgIpc) is 2.38. The number of hydrogen-bond acceptors (Lipinski definition) is 1. The first kappa shape index (κ1) is 14.4. The van der Waals surface area contributed by atoms with Crippen molar-refractivity contribution in [2.45, 2.75) is 43.9 Å². The minimum Gasteiger partial charge on any atom is -0.481 e. The first-order valence-corrected chi connectivity index (χ1v) is 7.08. The lowest BCUT2D eigenvalue weighted by Crippen LogP contribution is -2.38. The van der Waals surface area contributed by atoms with Gasteiger partial charge in [-0.05, 0) is 30.5 Å². The zero-order chi connectivity index (χ0) is 14.0. The van der Waals surface area contributed by atoms with Crippen molar-refractivity contribution in [1.29, 1.82) is 0 Å².